The van der Waals surface area contributed by atoms with E-state index in [2.05, 4.69) is 41.1 Å². The highest BCUT2D eigenvalue weighted by atomic mass is 32.1. The molecule has 0 bridgehead atoms. The predicted molar refractivity (Wildman–Crippen MR) is 106 cm³/mol. The molecule has 0 aromatic carbocycles. The summed E-state index contributed by atoms with van der Waals surface area (Å²) in [6.45, 7) is 7.34. The first kappa shape index (κ1) is 17.2. The number of rotatable bonds is 4. The fourth-order valence-corrected chi connectivity index (χ4v) is 4.38. The number of guanidine groups is 1. The van der Waals surface area contributed by atoms with Crippen molar-refractivity contribution in [3.8, 4) is 0 Å². The Morgan fingerprint density at radius 1 is 1.15 bits per heavy atom. The van der Waals surface area contributed by atoms with Crippen molar-refractivity contribution in [2.75, 3.05) is 50.7 Å². The molecule has 1 fully saturated rings. The molecule has 0 spiro atoms. The number of nitrogens with zero attached hydrogens (tertiary/aromatic N) is 6. The first-order valence-corrected chi connectivity index (χ1v) is 10.0. The molecule has 2 aromatic heterocycles. The summed E-state index contributed by atoms with van der Waals surface area (Å²) in [7, 11) is 0. The zero-order valence-corrected chi connectivity index (χ0v) is 15.7. The van der Waals surface area contributed by atoms with Crippen molar-refractivity contribution in [2.45, 2.75) is 13.0 Å². The Kier molecular flexibility index (Phi) is 5.31. The number of aromatic nitrogens is 2. The fourth-order valence-electron chi connectivity index (χ4n) is 3.49. The van der Waals surface area contributed by atoms with E-state index in [1.54, 1.807) is 17.3 Å². The topological polar surface area (TPSA) is 73.9 Å². The molecule has 2 aliphatic rings. The summed E-state index contributed by atoms with van der Waals surface area (Å²) in [6, 6.07) is 4.09. The number of hydrogen-bond donors (Lipinski definition) is 1. The minimum atomic E-state index is 0.659. The molecule has 2 aliphatic heterocycles. The third-order valence-corrected chi connectivity index (χ3v) is 6.04. The molecule has 0 aliphatic carbocycles. The van der Waals surface area contributed by atoms with Crippen LogP contribution in [0.4, 0.5) is 5.95 Å². The molecule has 2 aromatic rings. The number of nitrogens with two attached hydrogens (primary N) is 1. The van der Waals surface area contributed by atoms with Gasteiger partial charge in [-0.1, -0.05) is 0 Å². The molecule has 26 heavy (non-hydrogen) atoms. The summed E-state index contributed by atoms with van der Waals surface area (Å²) in [6.07, 6.45) is 4.73. The van der Waals surface area contributed by atoms with E-state index in [0.29, 0.717) is 5.96 Å². The van der Waals surface area contributed by atoms with Gasteiger partial charge in [-0.25, -0.2) is 9.97 Å². The molecule has 0 unspecified atom stereocenters. The van der Waals surface area contributed by atoms with E-state index in [4.69, 9.17) is 5.73 Å². The highest BCUT2D eigenvalue weighted by molar-refractivity contribution is 7.10. The molecule has 0 saturated carbocycles. The fraction of sp³-hybridized carbons (Fsp3) is 0.500. The second-order valence-corrected chi connectivity index (χ2v) is 7.66. The molecule has 4 heterocycles. The Labute approximate surface area is 158 Å². The van der Waals surface area contributed by atoms with Gasteiger partial charge in [-0.3, -0.25) is 9.89 Å². The Hall–Kier alpha value is -2.19. The second kappa shape index (κ2) is 8.01. The Bertz CT molecular complexity index is 737. The number of thiophene rings is 1. The molecule has 2 N–H and O–H groups in total. The van der Waals surface area contributed by atoms with E-state index in [1.165, 1.54) is 5.56 Å². The van der Waals surface area contributed by atoms with Gasteiger partial charge in [0.1, 0.15) is 0 Å². The maximum Gasteiger partial charge on any atom is 0.225 e. The first-order chi connectivity index (χ1) is 12.8. The lowest BCUT2D eigenvalue weighted by molar-refractivity contribution is 0.263. The number of hydrogen-bond acceptors (Lipinski definition) is 6. The van der Waals surface area contributed by atoms with E-state index in [0.717, 1.165) is 64.7 Å². The van der Waals surface area contributed by atoms with Crippen LogP contribution in [0, 0.1) is 0 Å². The zero-order chi connectivity index (χ0) is 17.8. The lowest BCUT2D eigenvalue weighted by atomic mass is 10.1. The zero-order valence-electron chi connectivity index (χ0n) is 14.9. The number of anilines is 1. The number of piperazine rings is 1. The maximum absolute atomic E-state index is 6.22. The third kappa shape index (κ3) is 3.96. The van der Waals surface area contributed by atoms with Crippen LogP contribution in [0.3, 0.4) is 0 Å². The van der Waals surface area contributed by atoms with Crippen molar-refractivity contribution in [2.24, 2.45) is 10.7 Å². The summed E-state index contributed by atoms with van der Waals surface area (Å²) in [5.74, 6) is 1.45. The summed E-state index contributed by atoms with van der Waals surface area (Å²) in [5.41, 5.74) is 7.70. The molecule has 0 radical (unpaired) electrons. The van der Waals surface area contributed by atoms with E-state index in [1.807, 2.05) is 17.4 Å². The minimum absolute atomic E-state index is 0.659. The maximum atomic E-state index is 6.22. The number of fused-ring (bicyclic) bond motifs is 1. The van der Waals surface area contributed by atoms with Crippen LogP contribution in [0.2, 0.25) is 0 Å². The standard InChI is InChI=1S/C18H25N7S/c19-17(20-6-8-23-7-2-16-15(14-23)3-13-26-16)24-9-11-25(12-10-24)18-21-4-1-5-22-18/h1,3-5,13H,2,6-12,14H2,(H2,19,20). The van der Waals surface area contributed by atoms with Gasteiger partial charge in [-0.15, -0.1) is 11.3 Å². The average Bonchev–Trinajstić information content (AvgIpc) is 3.16. The molecule has 7 nitrogen and oxygen atoms in total. The van der Waals surface area contributed by atoms with E-state index < -0.39 is 0 Å². The van der Waals surface area contributed by atoms with Gasteiger partial charge < -0.3 is 15.5 Å². The average molecular weight is 372 g/mol. The van der Waals surface area contributed by atoms with Gasteiger partial charge in [0, 0.05) is 63.1 Å². The highest BCUT2D eigenvalue weighted by Crippen LogP contribution is 2.23. The van der Waals surface area contributed by atoms with Crippen molar-refractivity contribution >= 4 is 23.2 Å². The molecule has 8 heteroatoms. The quantitative estimate of drug-likeness (QED) is 0.639. The van der Waals surface area contributed by atoms with Gasteiger partial charge >= 0.3 is 0 Å². The summed E-state index contributed by atoms with van der Waals surface area (Å²) in [5, 5.41) is 2.20. The summed E-state index contributed by atoms with van der Waals surface area (Å²) in [4.78, 5) is 21.6. The lowest BCUT2D eigenvalue weighted by Crippen LogP contribution is -2.51. The minimum Gasteiger partial charge on any atom is -0.370 e. The van der Waals surface area contributed by atoms with E-state index >= 15 is 0 Å². The van der Waals surface area contributed by atoms with Crippen LogP contribution in [0.25, 0.3) is 0 Å². The van der Waals surface area contributed by atoms with Crippen LogP contribution in [0.1, 0.15) is 10.4 Å². The first-order valence-electron chi connectivity index (χ1n) is 9.14. The Morgan fingerprint density at radius 2 is 1.96 bits per heavy atom. The molecule has 1 saturated heterocycles. The van der Waals surface area contributed by atoms with Crippen molar-refractivity contribution in [3.63, 3.8) is 0 Å². The van der Waals surface area contributed by atoms with Crippen molar-refractivity contribution in [3.05, 3.63) is 40.3 Å². The molecular formula is C18H25N7S. The van der Waals surface area contributed by atoms with Crippen LogP contribution in [0.15, 0.2) is 34.9 Å². The van der Waals surface area contributed by atoms with Gasteiger partial charge in [0.2, 0.25) is 5.95 Å². The Balaban J connectivity index is 1.23. The van der Waals surface area contributed by atoms with E-state index in [-0.39, 0.29) is 0 Å². The van der Waals surface area contributed by atoms with Gasteiger partial charge in [0.15, 0.2) is 5.96 Å². The number of aliphatic imine (C=N–C) groups is 1. The largest absolute Gasteiger partial charge is 0.370 e. The summed E-state index contributed by atoms with van der Waals surface area (Å²) < 4.78 is 0. The molecular weight excluding hydrogens is 346 g/mol. The van der Waals surface area contributed by atoms with Crippen molar-refractivity contribution < 1.29 is 0 Å². The highest BCUT2D eigenvalue weighted by Gasteiger charge is 2.20. The van der Waals surface area contributed by atoms with Crippen LogP contribution in [-0.2, 0) is 13.0 Å². The SMILES string of the molecule is NC(=NCCN1CCc2sccc2C1)N1CCN(c2ncccn2)CC1. The van der Waals surface area contributed by atoms with E-state index in [9.17, 15) is 0 Å². The van der Waals surface area contributed by atoms with Gasteiger partial charge in [-0.05, 0) is 29.5 Å². The molecule has 138 valence electrons. The van der Waals surface area contributed by atoms with Gasteiger partial charge in [0.25, 0.3) is 0 Å². The van der Waals surface area contributed by atoms with Crippen LogP contribution in [0.5, 0.6) is 0 Å². The Morgan fingerprint density at radius 3 is 2.77 bits per heavy atom. The molecule has 0 atom stereocenters. The van der Waals surface area contributed by atoms with Crippen LogP contribution in [-0.4, -0.2) is 71.5 Å². The second-order valence-electron chi connectivity index (χ2n) is 6.66. The monoisotopic (exact) mass is 371 g/mol. The van der Waals surface area contributed by atoms with Gasteiger partial charge in [-0.2, -0.15) is 0 Å². The van der Waals surface area contributed by atoms with Crippen LogP contribution >= 0.6 is 11.3 Å². The van der Waals surface area contributed by atoms with Crippen LogP contribution < -0.4 is 10.6 Å². The predicted octanol–water partition coefficient (Wildman–Crippen LogP) is 1.03. The van der Waals surface area contributed by atoms with Gasteiger partial charge in [0.05, 0.1) is 6.54 Å². The molecule has 0 amide bonds. The lowest BCUT2D eigenvalue weighted by Gasteiger charge is -2.35. The summed E-state index contributed by atoms with van der Waals surface area (Å²) >= 11 is 1.88. The van der Waals surface area contributed by atoms with Crippen molar-refractivity contribution in [1.29, 1.82) is 0 Å². The third-order valence-electron chi connectivity index (χ3n) is 5.02. The van der Waals surface area contributed by atoms with Crippen molar-refractivity contribution in [1.82, 2.24) is 19.8 Å². The smallest absolute Gasteiger partial charge is 0.225 e. The normalized spacial score (nSPS) is 18.8. The molecule has 4 rings (SSSR count).